The third-order valence-electron chi connectivity index (χ3n) is 4.11. The van der Waals surface area contributed by atoms with Crippen LogP contribution in [0, 0.1) is 12.8 Å². The Hall–Kier alpha value is -0.570. The van der Waals surface area contributed by atoms with Crippen LogP contribution >= 0.6 is 11.6 Å². The first kappa shape index (κ1) is 13.9. The maximum Gasteiger partial charge on any atom is 0.0438 e. The highest BCUT2D eigenvalue weighted by Crippen LogP contribution is 2.36. The number of nitrogens with zero attached hydrogens (tertiary/aromatic N) is 1. The van der Waals surface area contributed by atoms with Crippen molar-refractivity contribution < 1.29 is 0 Å². The summed E-state index contributed by atoms with van der Waals surface area (Å²) in [6.07, 6.45) is 2.48. The Balaban J connectivity index is 2.32. The number of benzene rings is 1. The van der Waals surface area contributed by atoms with E-state index in [9.17, 15) is 0 Å². The molecule has 2 rings (SSSR count). The van der Waals surface area contributed by atoms with E-state index in [1.165, 1.54) is 24.9 Å². The van der Waals surface area contributed by atoms with Crippen LogP contribution in [0.5, 0.6) is 0 Å². The highest BCUT2D eigenvalue weighted by molar-refractivity contribution is 6.31. The SMILES string of the molecule is CCN1CCCC(CN)C1c1ccc(C)c(Cl)c1. The molecule has 0 amide bonds. The molecule has 0 bridgehead atoms. The topological polar surface area (TPSA) is 29.3 Å². The van der Waals surface area contributed by atoms with Gasteiger partial charge in [-0.3, -0.25) is 4.90 Å². The van der Waals surface area contributed by atoms with Gasteiger partial charge >= 0.3 is 0 Å². The monoisotopic (exact) mass is 266 g/mol. The molecular weight excluding hydrogens is 244 g/mol. The van der Waals surface area contributed by atoms with E-state index in [1.54, 1.807) is 0 Å². The number of nitrogens with two attached hydrogens (primary N) is 1. The summed E-state index contributed by atoms with van der Waals surface area (Å²) >= 11 is 6.27. The molecule has 100 valence electrons. The van der Waals surface area contributed by atoms with Crippen LogP contribution in [0.2, 0.25) is 5.02 Å². The summed E-state index contributed by atoms with van der Waals surface area (Å²) < 4.78 is 0. The van der Waals surface area contributed by atoms with Gasteiger partial charge in [-0.15, -0.1) is 0 Å². The fourth-order valence-electron chi connectivity index (χ4n) is 3.03. The average Bonchev–Trinajstić information content (AvgIpc) is 2.41. The second-order valence-electron chi connectivity index (χ2n) is 5.22. The number of hydrogen-bond acceptors (Lipinski definition) is 2. The third-order valence-corrected chi connectivity index (χ3v) is 4.51. The number of hydrogen-bond donors (Lipinski definition) is 1. The maximum atomic E-state index is 6.27. The van der Waals surface area contributed by atoms with Crippen molar-refractivity contribution in [1.82, 2.24) is 4.90 Å². The van der Waals surface area contributed by atoms with Gasteiger partial charge < -0.3 is 5.73 Å². The molecule has 1 aromatic rings. The molecule has 18 heavy (non-hydrogen) atoms. The van der Waals surface area contributed by atoms with Crippen molar-refractivity contribution in [1.29, 1.82) is 0 Å². The van der Waals surface area contributed by atoms with Crippen LogP contribution in [0.1, 0.15) is 36.9 Å². The molecule has 1 fully saturated rings. The van der Waals surface area contributed by atoms with Gasteiger partial charge in [0, 0.05) is 11.1 Å². The van der Waals surface area contributed by atoms with Crippen molar-refractivity contribution in [2.75, 3.05) is 19.6 Å². The lowest BCUT2D eigenvalue weighted by atomic mass is 9.84. The fourth-order valence-corrected chi connectivity index (χ4v) is 3.22. The van der Waals surface area contributed by atoms with Crippen molar-refractivity contribution in [3.05, 3.63) is 34.3 Å². The average molecular weight is 267 g/mol. The molecule has 3 heteroatoms. The molecule has 0 aromatic heterocycles. The molecule has 2 atom stereocenters. The van der Waals surface area contributed by atoms with Gasteiger partial charge in [0.05, 0.1) is 0 Å². The van der Waals surface area contributed by atoms with E-state index in [2.05, 4.69) is 30.0 Å². The van der Waals surface area contributed by atoms with Crippen LogP contribution in [0.15, 0.2) is 18.2 Å². The molecule has 1 aliphatic rings. The number of aryl methyl sites for hydroxylation is 1. The number of halogens is 1. The molecule has 1 aliphatic heterocycles. The summed E-state index contributed by atoms with van der Waals surface area (Å²) in [5.41, 5.74) is 8.42. The van der Waals surface area contributed by atoms with Crippen molar-refractivity contribution >= 4 is 11.6 Å². The predicted octanol–water partition coefficient (Wildman–Crippen LogP) is 3.38. The molecule has 0 spiro atoms. The van der Waals surface area contributed by atoms with E-state index >= 15 is 0 Å². The standard InChI is InChI=1S/C15H23ClN2/c1-3-18-8-4-5-13(10-17)15(18)12-7-6-11(2)14(16)9-12/h6-7,9,13,15H,3-5,8,10,17H2,1-2H3. The van der Waals surface area contributed by atoms with Crippen LogP contribution in [0.3, 0.4) is 0 Å². The van der Waals surface area contributed by atoms with E-state index in [0.29, 0.717) is 12.0 Å². The summed E-state index contributed by atoms with van der Waals surface area (Å²) in [7, 11) is 0. The molecule has 1 heterocycles. The van der Waals surface area contributed by atoms with Crippen LogP contribution in [-0.4, -0.2) is 24.5 Å². The highest BCUT2D eigenvalue weighted by atomic mass is 35.5. The largest absolute Gasteiger partial charge is 0.330 e. The van der Waals surface area contributed by atoms with Crippen LogP contribution < -0.4 is 5.73 Å². The minimum Gasteiger partial charge on any atom is -0.330 e. The van der Waals surface area contributed by atoms with E-state index in [4.69, 9.17) is 17.3 Å². The normalized spacial score (nSPS) is 25.3. The molecule has 1 aromatic carbocycles. The van der Waals surface area contributed by atoms with Crippen molar-refractivity contribution in [2.45, 2.75) is 32.7 Å². The summed E-state index contributed by atoms with van der Waals surface area (Å²) in [6.45, 7) is 7.27. The van der Waals surface area contributed by atoms with E-state index in [1.807, 2.05) is 6.92 Å². The number of rotatable bonds is 3. The summed E-state index contributed by atoms with van der Waals surface area (Å²) in [5.74, 6) is 0.553. The Morgan fingerprint density at radius 2 is 2.22 bits per heavy atom. The molecule has 0 radical (unpaired) electrons. The Morgan fingerprint density at radius 3 is 2.83 bits per heavy atom. The molecular formula is C15H23ClN2. The minimum atomic E-state index is 0.437. The number of piperidine rings is 1. The lowest BCUT2D eigenvalue weighted by Gasteiger charge is -2.41. The van der Waals surface area contributed by atoms with Gasteiger partial charge in [0.15, 0.2) is 0 Å². The zero-order valence-corrected chi connectivity index (χ0v) is 12.1. The zero-order valence-electron chi connectivity index (χ0n) is 11.3. The Kier molecular flexibility index (Phi) is 4.66. The second kappa shape index (κ2) is 6.05. The number of likely N-dealkylation sites (tertiary alicyclic amines) is 1. The Morgan fingerprint density at radius 1 is 1.44 bits per heavy atom. The van der Waals surface area contributed by atoms with Gasteiger partial charge in [0.1, 0.15) is 0 Å². The first-order valence-electron chi connectivity index (χ1n) is 6.87. The van der Waals surface area contributed by atoms with E-state index in [-0.39, 0.29) is 0 Å². The van der Waals surface area contributed by atoms with E-state index < -0.39 is 0 Å². The van der Waals surface area contributed by atoms with E-state index in [0.717, 1.165) is 23.7 Å². The molecule has 2 unspecified atom stereocenters. The van der Waals surface area contributed by atoms with Crippen LogP contribution in [0.4, 0.5) is 0 Å². The predicted molar refractivity (Wildman–Crippen MR) is 78.0 cm³/mol. The van der Waals surface area contributed by atoms with Gasteiger partial charge in [0.25, 0.3) is 0 Å². The second-order valence-corrected chi connectivity index (χ2v) is 5.63. The maximum absolute atomic E-state index is 6.27. The zero-order chi connectivity index (χ0) is 13.1. The van der Waals surface area contributed by atoms with Crippen LogP contribution in [-0.2, 0) is 0 Å². The Labute approximate surface area is 115 Å². The summed E-state index contributed by atoms with van der Waals surface area (Å²) in [4.78, 5) is 2.53. The van der Waals surface area contributed by atoms with Gasteiger partial charge in [-0.1, -0.05) is 30.7 Å². The summed E-state index contributed by atoms with van der Waals surface area (Å²) in [6, 6.07) is 6.89. The molecule has 2 N–H and O–H groups in total. The van der Waals surface area contributed by atoms with Gasteiger partial charge in [-0.25, -0.2) is 0 Å². The molecule has 1 saturated heterocycles. The van der Waals surface area contributed by atoms with Gasteiger partial charge in [0.2, 0.25) is 0 Å². The molecule has 2 nitrogen and oxygen atoms in total. The van der Waals surface area contributed by atoms with Gasteiger partial charge in [-0.05, 0) is 62.5 Å². The highest BCUT2D eigenvalue weighted by Gasteiger charge is 2.30. The minimum absolute atomic E-state index is 0.437. The lowest BCUT2D eigenvalue weighted by molar-refractivity contribution is 0.102. The van der Waals surface area contributed by atoms with Gasteiger partial charge in [-0.2, -0.15) is 0 Å². The first-order valence-corrected chi connectivity index (χ1v) is 7.25. The van der Waals surface area contributed by atoms with Crippen LogP contribution in [0.25, 0.3) is 0 Å². The first-order chi connectivity index (χ1) is 8.67. The molecule has 0 saturated carbocycles. The molecule has 0 aliphatic carbocycles. The lowest BCUT2D eigenvalue weighted by Crippen LogP contribution is -2.41. The Bertz CT molecular complexity index is 393. The van der Waals surface area contributed by atoms with Crippen molar-refractivity contribution in [3.63, 3.8) is 0 Å². The fraction of sp³-hybridized carbons (Fsp3) is 0.600. The van der Waals surface area contributed by atoms with Crippen molar-refractivity contribution in [2.24, 2.45) is 11.7 Å². The quantitative estimate of drug-likeness (QED) is 0.909. The smallest absolute Gasteiger partial charge is 0.0438 e. The van der Waals surface area contributed by atoms with Crippen molar-refractivity contribution in [3.8, 4) is 0 Å². The third kappa shape index (κ3) is 2.71. The summed E-state index contributed by atoms with van der Waals surface area (Å²) in [5, 5.41) is 0.866.